The quantitative estimate of drug-likeness (QED) is 0.846. The van der Waals surface area contributed by atoms with Gasteiger partial charge in [-0.3, -0.25) is 4.98 Å². The molecule has 0 aliphatic carbocycles. The molecule has 0 fully saturated rings. The van der Waals surface area contributed by atoms with Crippen LogP contribution in [0.5, 0.6) is 0 Å². The van der Waals surface area contributed by atoms with E-state index in [1.54, 1.807) is 0 Å². The van der Waals surface area contributed by atoms with Crippen molar-refractivity contribution >= 4 is 26.8 Å². The van der Waals surface area contributed by atoms with Crippen LogP contribution in [0.15, 0.2) is 34.9 Å². The first-order valence-corrected chi connectivity index (χ1v) is 7.83. The number of benzene rings is 1. The average molecular weight is 337 g/mol. The lowest BCUT2D eigenvalue weighted by molar-refractivity contribution is 0.149. The summed E-state index contributed by atoms with van der Waals surface area (Å²) >= 11 is 3.56. The van der Waals surface area contributed by atoms with Crippen molar-refractivity contribution in [3.63, 3.8) is 0 Å². The number of halogens is 1. The van der Waals surface area contributed by atoms with Crippen LogP contribution in [0, 0.1) is 0 Å². The summed E-state index contributed by atoms with van der Waals surface area (Å²) in [6.45, 7) is 5.07. The number of hydrogen-bond acceptors (Lipinski definition) is 3. The molecule has 0 bridgehead atoms. The summed E-state index contributed by atoms with van der Waals surface area (Å²) in [7, 11) is 0. The first-order valence-electron chi connectivity index (χ1n) is 7.04. The van der Waals surface area contributed by atoms with Crippen LogP contribution in [0.1, 0.15) is 32.3 Å². The van der Waals surface area contributed by atoms with Gasteiger partial charge in [0.15, 0.2) is 0 Å². The highest BCUT2D eigenvalue weighted by Crippen LogP contribution is 2.26. The van der Waals surface area contributed by atoms with E-state index in [4.69, 9.17) is 0 Å². The smallest absolute Gasteiger partial charge is 0.0758 e. The van der Waals surface area contributed by atoms with Gasteiger partial charge in [0.25, 0.3) is 0 Å². The summed E-state index contributed by atoms with van der Waals surface area (Å²) in [4.78, 5) is 4.49. The average Bonchev–Trinajstić information content (AvgIpc) is 2.51. The van der Waals surface area contributed by atoms with E-state index < -0.39 is 0 Å². The Kier molecular flexibility index (Phi) is 5.13. The van der Waals surface area contributed by atoms with E-state index in [1.165, 1.54) is 0 Å². The summed E-state index contributed by atoms with van der Waals surface area (Å²) in [6, 6.07) is 8.15. The summed E-state index contributed by atoms with van der Waals surface area (Å²) in [6.07, 6.45) is 3.63. The molecule has 2 N–H and O–H groups in total. The van der Waals surface area contributed by atoms with Gasteiger partial charge in [0.05, 0.1) is 12.1 Å². The van der Waals surface area contributed by atoms with E-state index in [1.807, 2.05) is 12.3 Å². The van der Waals surface area contributed by atoms with Crippen LogP contribution < -0.4 is 5.32 Å². The maximum absolute atomic E-state index is 9.63. The second-order valence-corrected chi connectivity index (χ2v) is 5.96. The van der Waals surface area contributed by atoms with Crippen LogP contribution in [0.3, 0.4) is 0 Å². The van der Waals surface area contributed by atoms with Gasteiger partial charge < -0.3 is 10.4 Å². The highest BCUT2D eigenvalue weighted by atomic mass is 79.9. The molecule has 0 atom stereocenters. The number of fused-ring (bicyclic) bond motifs is 1. The van der Waals surface area contributed by atoms with Gasteiger partial charge in [-0.1, -0.05) is 41.9 Å². The fraction of sp³-hybridized carbons (Fsp3) is 0.438. The normalized spacial score (nSPS) is 12.0. The molecular formula is C16H21BrN2O. The number of rotatable bonds is 6. The van der Waals surface area contributed by atoms with Crippen molar-refractivity contribution in [2.24, 2.45) is 0 Å². The molecule has 1 aromatic carbocycles. The van der Waals surface area contributed by atoms with E-state index >= 15 is 0 Å². The standard InChI is InChI=1S/C16H21BrN2O/c1-3-16(4-2,11-20)19-10-12-7-8-14(17)13-6-5-9-18-15(12)13/h5-9,19-20H,3-4,10-11H2,1-2H3. The van der Waals surface area contributed by atoms with Crippen molar-refractivity contribution in [1.29, 1.82) is 0 Å². The van der Waals surface area contributed by atoms with Crippen LogP contribution in [0.2, 0.25) is 0 Å². The number of aromatic nitrogens is 1. The highest BCUT2D eigenvalue weighted by molar-refractivity contribution is 9.10. The molecule has 0 saturated heterocycles. The van der Waals surface area contributed by atoms with Crippen LogP contribution >= 0.6 is 15.9 Å². The summed E-state index contributed by atoms with van der Waals surface area (Å²) < 4.78 is 1.06. The lowest BCUT2D eigenvalue weighted by atomic mass is 9.93. The van der Waals surface area contributed by atoms with Gasteiger partial charge in [-0.2, -0.15) is 0 Å². The number of aliphatic hydroxyl groups is 1. The molecule has 0 amide bonds. The van der Waals surface area contributed by atoms with Crippen LogP contribution in [-0.2, 0) is 6.54 Å². The minimum atomic E-state index is -0.200. The lowest BCUT2D eigenvalue weighted by Crippen LogP contribution is -2.47. The summed E-state index contributed by atoms with van der Waals surface area (Å²) in [5.74, 6) is 0. The Morgan fingerprint density at radius 3 is 2.65 bits per heavy atom. The molecule has 108 valence electrons. The Balaban J connectivity index is 2.29. The van der Waals surface area contributed by atoms with Crippen molar-refractivity contribution in [1.82, 2.24) is 10.3 Å². The summed E-state index contributed by atoms with van der Waals surface area (Å²) in [5, 5.41) is 14.3. The van der Waals surface area contributed by atoms with Gasteiger partial charge in [0.2, 0.25) is 0 Å². The van der Waals surface area contributed by atoms with Gasteiger partial charge in [-0.05, 0) is 30.5 Å². The molecule has 0 aliphatic rings. The Hall–Kier alpha value is -0.970. The van der Waals surface area contributed by atoms with Crippen molar-refractivity contribution in [2.75, 3.05) is 6.61 Å². The molecule has 4 heteroatoms. The first-order chi connectivity index (χ1) is 9.65. The maximum atomic E-state index is 9.63. The van der Waals surface area contributed by atoms with Crippen molar-refractivity contribution in [3.05, 3.63) is 40.5 Å². The van der Waals surface area contributed by atoms with Crippen LogP contribution in [0.4, 0.5) is 0 Å². The predicted molar refractivity (Wildman–Crippen MR) is 86.7 cm³/mol. The molecule has 1 aromatic heterocycles. The van der Waals surface area contributed by atoms with Crippen LogP contribution in [0.25, 0.3) is 10.9 Å². The molecular weight excluding hydrogens is 316 g/mol. The third kappa shape index (κ3) is 3.03. The van der Waals surface area contributed by atoms with Crippen molar-refractivity contribution < 1.29 is 5.11 Å². The second kappa shape index (κ2) is 6.66. The fourth-order valence-corrected chi connectivity index (χ4v) is 2.85. The monoisotopic (exact) mass is 336 g/mol. The molecule has 0 saturated carbocycles. The molecule has 2 aromatic rings. The third-order valence-electron chi connectivity index (χ3n) is 4.11. The van der Waals surface area contributed by atoms with Gasteiger partial charge in [0.1, 0.15) is 0 Å². The molecule has 0 unspecified atom stereocenters. The largest absolute Gasteiger partial charge is 0.394 e. The Bertz CT molecular complexity index is 573. The number of hydrogen-bond donors (Lipinski definition) is 2. The van der Waals surface area contributed by atoms with E-state index in [0.717, 1.165) is 33.8 Å². The van der Waals surface area contributed by atoms with Crippen molar-refractivity contribution in [2.45, 2.75) is 38.8 Å². The number of aliphatic hydroxyl groups excluding tert-OH is 1. The number of pyridine rings is 1. The highest BCUT2D eigenvalue weighted by Gasteiger charge is 2.24. The summed E-state index contributed by atoms with van der Waals surface area (Å²) in [5.41, 5.74) is 1.96. The van der Waals surface area contributed by atoms with E-state index in [-0.39, 0.29) is 12.1 Å². The fourth-order valence-electron chi connectivity index (χ4n) is 2.40. The molecule has 2 rings (SSSR count). The first kappa shape index (κ1) is 15.4. The SMILES string of the molecule is CCC(CC)(CO)NCc1ccc(Br)c2cccnc12. The Labute approximate surface area is 128 Å². The molecule has 1 heterocycles. The minimum Gasteiger partial charge on any atom is -0.394 e. The number of nitrogens with one attached hydrogen (secondary N) is 1. The predicted octanol–water partition coefficient (Wildman–Crippen LogP) is 3.64. The molecule has 0 radical (unpaired) electrons. The Morgan fingerprint density at radius 2 is 2.00 bits per heavy atom. The van der Waals surface area contributed by atoms with E-state index in [2.05, 4.69) is 58.3 Å². The molecule has 0 aliphatic heterocycles. The van der Waals surface area contributed by atoms with E-state index in [9.17, 15) is 5.11 Å². The third-order valence-corrected chi connectivity index (χ3v) is 4.80. The Morgan fingerprint density at radius 1 is 1.25 bits per heavy atom. The second-order valence-electron chi connectivity index (χ2n) is 5.11. The topological polar surface area (TPSA) is 45.1 Å². The zero-order chi connectivity index (χ0) is 14.6. The minimum absolute atomic E-state index is 0.155. The molecule has 20 heavy (non-hydrogen) atoms. The number of nitrogens with zero attached hydrogens (tertiary/aromatic N) is 1. The molecule has 0 spiro atoms. The van der Waals surface area contributed by atoms with Crippen LogP contribution in [-0.4, -0.2) is 22.2 Å². The van der Waals surface area contributed by atoms with Gasteiger partial charge in [0, 0.05) is 28.1 Å². The lowest BCUT2D eigenvalue weighted by Gasteiger charge is -2.31. The zero-order valence-electron chi connectivity index (χ0n) is 12.0. The van der Waals surface area contributed by atoms with Gasteiger partial charge in [-0.15, -0.1) is 0 Å². The maximum Gasteiger partial charge on any atom is 0.0758 e. The van der Waals surface area contributed by atoms with Gasteiger partial charge in [-0.25, -0.2) is 0 Å². The van der Waals surface area contributed by atoms with Gasteiger partial charge >= 0.3 is 0 Å². The van der Waals surface area contributed by atoms with E-state index in [0.29, 0.717) is 6.54 Å². The van der Waals surface area contributed by atoms with Crippen molar-refractivity contribution in [3.8, 4) is 0 Å². The zero-order valence-corrected chi connectivity index (χ0v) is 13.6. The molecule has 3 nitrogen and oxygen atoms in total.